The molecule has 0 spiro atoms. The number of rotatable bonds is 0. The van der Waals surface area contributed by atoms with Crippen molar-refractivity contribution in [3.63, 3.8) is 0 Å². The van der Waals surface area contributed by atoms with Crippen LogP contribution in [0.4, 0.5) is 0 Å². The number of aromatic hydroxyl groups is 1. The zero-order valence-electron chi connectivity index (χ0n) is 14.8. The SMILES string of the molecule is C[C@H]1C/C=C\C(=O)C[C@@H](O)C/C=C/c2c3c(cc(O)c2C(=O)O1)OCO3.O. The Morgan fingerprint density at radius 2 is 1.85 bits per heavy atom. The minimum atomic E-state index is -0.846. The fraction of sp³-hybridized carbons (Fsp3) is 0.368. The van der Waals surface area contributed by atoms with Gasteiger partial charge in [-0.3, -0.25) is 4.79 Å². The maximum atomic E-state index is 12.6. The average molecular weight is 378 g/mol. The van der Waals surface area contributed by atoms with Gasteiger partial charge in [-0.15, -0.1) is 0 Å². The Morgan fingerprint density at radius 3 is 2.63 bits per heavy atom. The molecule has 4 N–H and O–H groups in total. The van der Waals surface area contributed by atoms with Crippen LogP contribution in [0.2, 0.25) is 0 Å². The molecule has 3 rings (SSSR count). The third-order valence-corrected chi connectivity index (χ3v) is 4.09. The van der Waals surface area contributed by atoms with E-state index in [9.17, 15) is 19.8 Å². The second-order valence-electron chi connectivity index (χ2n) is 6.23. The first-order chi connectivity index (χ1) is 12.5. The van der Waals surface area contributed by atoms with E-state index in [4.69, 9.17) is 14.2 Å². The van der Waals surface area contributed by atoms with Crippen LogP contribution in [0.1, 0.15) is 42.1 Å². The molecule has 1 aromatic rings. The summed E-state index contributed by atoms with van der Waals surface area (Å²) in [7, 11) is 0. The molecule has 2 heterocycles. The lowest BCUT2D eigenvalue weighted by atomic mass is 10.0. The van der Waals surface area contributed by atoms with Crippen LogP contribution >= 0.6 is 0 Å². The van der Waals surface area contributed by atoms with Crippen LogP contribution in [0.15, 0.2) is 24.3 Å². The van der Waals surface area contributed by atoms with Gasteiger partial charge in [-0.25, -0.2) is 4.79 Å². The third-order valence-electron chi connectivity index (χ3n) is 4.09. The summed E-state index contributed by atoms with van der Waals surface area (Å²) in [5.74, 6) is -0.519. The third kappa shape index (κ3) is 4.66. The number of benzene rings is 1. The minimum absolute atomic E-state index is 0. The van der Waals surface area contributed by atoms with Gasteiger partial charge in [-0.05, 0) is 19.4 Å². The molecule has 27 heavy (non-hydrogen) atoms. The maximum Gasteiger partial charge on any atom is 0.342 e. The number of cyclic esters (lactones) is 1. The molecule has 0 saturated heterocycles. The number of fused-ring (bicyclic) bond motifs is 3. The van der Waals surface area contributed by atoms with Crippen molar-refractivity contribution in [3.8, 4) is 17.2 Å². The summed E-state index contributed by atoms with van der Waals surface area (Å²) >= 11 is 0. The predicted octanol–water partition coefficient (Wildman–Crippen LogP) is 1.52. The number of hydrogen-bond acceptors (Lipinski definition) is 7. The Kier molecular flexibility index (Phi) is 6.59. The summed E-state index contributed by atoms with van der Waals surface area (Å²) < 4.78 is 16.1. The Hall–Kier alpha value is -2.84. The van der Waals surface area contributed by atoms with Crippen LogP contribution < -0.4 is 9.47 Å². The summed E-state index contributed by atoms with van der Waals surface area (Å²) in [6, 6.07) is 1.32. The van der Waals surface area contributed by atoms with Gasteiger partial charge in [0.25, 0.3) is 0 Å². The summed E-state index contributed by atoms with van der Waals surface area (Å²) in [4.78, 5) is 24.4. The Labute approximate surface area is 156 Å². The Bertz CT molecular complexity index is 780. The van der Waals surface area contributed by atoms with Crippen LogP contribution in [0, 0.1) is 0 Å². The molecule has 0 aromatic heterocycles. The highest BCUT2D eigenvalue weighted by Crippen LogP contribution is 2.43. The monoisotopic (exact) mass is 378 g/mol. The molecule has 1 aromatic carbocycles. The number of aliphatic hydroxyl groups is 1. The van der Waals surface area contributed by atoms with Gasteiger partial charge >= 0.3 is 5.97 Å². The van der Waals surface area contributed by atoms with Gasteiger partial charge in [0.2, 0.25) is 6.79 Å². The molecular formula is C19H22O8. The van der Waals surface area contributed by atoms with Crippen LogP contribution in [0.25, 0.3) is 6.08 Å². The molecule has 0 aliphatic carbocycles. The van der Waals surface area contributed by atoms with Gasteiger partial charge < -0.3 is 29.9 Å². The van der Waals surface area contributed by atoms with Crippen molar-refractivity contribution in [1.29, 1.82) is 0 Å². The average Bonchev–Trinajstić information content (AvgIpc) is 3.01. The van der Waals surface area contributed by atoms with E-state index in [0.29, 0.717) is 23.5 Å². The maximum absolute atomic E-state index is 12.6. The van der Waals surface area contributed by atoms with Crippen LogP contribution in [-0.2, 0) is 9.53 Å². The zero-order chi connectivity index (χ0) is 18.7. The van der Waals surface area contributed by atoms with Crippen LogP contribution in [0.5, 0.6) is 17.2 Å². The molecule has 0 fully saturated rings. The van der Waals surface area contributed by atoms with Gasteiger partial charge in [-0.1, -0.05) is 18.2 Å². The number of ketones is 1. The van der Waals surface area contributed by atoms with Crippen molar-refractivity contribution in [3.05, 3.63) is 35.4 Å². The lowest BCUT2D eigenvalue weighted by Crippen LogP contribution is -2.16. The first kappa shape index (κ1) is 20.5. The van der Waals surface area contributed by atoms with Crippen molar-refractivity contribution in [2.75, 3.05) is 6.79 Å². The molecule has 8 heteroatoms. The molecule has 0 unspecified atom stereocenters. The molecule has 0 amide bonds. The van der Waals surface area contributed by atoms with E-state index in [-0.39, 0.29) is 42.2 Å². The molecule has 146 valence electrons. The van der Waals surface area contributed by atoms with Gasteiger partial charge in [0.1, 0.15) is 17.4 Å². The fourth-order valence-corrected chi connectivity index (χ4v) is 2.84. The number of ether oxygens (including phenoxy) is 3. The van der Waals surface area contributed by atoms with E-state index in [2.05, 4.69) is 0 Å². The lowest BCUT2D eigenvalue weighted by Gasteiger charge is -2.15. The molecule has 2 aliphatic heterocycles. The summed E-state index contributed by atoms with van der Waals surface area (Å²) in [5.41, 5.74) is 0.296. The van der Waals surface area contributed by atoms with Gasteiger partial charge in [0.15, 0.2) is 17.3 Å². The number of esters is 1. The molecule has 0 bridgehead atoms. The number of phenols is 1. The summed E-state index contributed by atoms with van der Waals surface area (Å²) in [5, 5.41) is 20.3. The van der Waals surface area contributed by atoms with E-state index in [0.717, 1.165) is 0 Å². The first-order valence-corrected chi connectivity index (χ1v) is 8.36. The lowest BCUT2D eigenvalue weighted by molar-refractivity contribution is -0.116. The van der Waals surface area contributed by atoms with Crippen molar-refractivity contribution in [2.45, 2.75) is 38.4 Å². The van der Waals surface area contributed by atoms with Gasteiger partial charge in [0, 0.05) is 24.5 Å². The van der Waals surface area contributed by atoms with Crippen LogP contribution in [0.3, 0.4) is 0 Å². The highest BCUT2D eigenvalue weighted by Gasteiger charge is 2.28. The molecule has 8 nitrogen and oxygen atoms in total. The predicted molar refractivity (Wildman–Crippen MR) is 95.8 cm³/mol. The van der Waals surface area contributed by atoms with Crippen molar-refractivity contribution >= 4 is 17.8 Å². The number of allylic oxidation sites excluding steroid dienone is 1. The van der Waals surface area contributed by atoms with Crippen molar-refractivity contribution < 1.29 is 39.5 Å². The number of carbonyl (C=O) groups excluding carboxylic acids is 2. The zero-order valence-corrected chi connectivity index (χ0v) is 14.8. The van der Waals surface area contributed by atoms with E-state index in [1.165, 1.54) is 12.1 Å². The van der Waals surface area contributed by atoms with E-state index in [1.54, 1.807) is 25.2 Å². The molecular weight excluding hydrogens is 356 g/mol. The first-order valence-electron chi connectivity index (χ1n) is 8.36. The van der Waals surface area contributed by atoms with Crippen molar-refractivity contribution in [2.24, 2.45) is 0 Å². The smallest absolute Gasteiger partial charge is 0.342 e. The Morgan fingerprint density at radius 1 is 1.11 bits per heavy atom. The molecule has 2 aliphatic rings. The van der Waals surface area contributed by atoms with E-state index in [1.807, 2.05) is 0 Å². The largest absolute Gasteiger partial charge is 0.507 e. The molecule has 2 atom stereocenters. The van der Waals surface area contributed by atoms with Crippen LogP contribution in [-0.4, -0.2) is 46.4 Å². The minimum Gasteiger partial charge on any atom is -0.507 e. The summed E-state index contributed by atoms with van der Waals surface area (Å²) in [6.45, 7) is 1.67. The quantitative estimate of drug-likeness (QED) is 0.654. The number of aliphatic hydroxyl groups excluding tert-OH is 1. The highest BCUT2D eigenvalue weighted by molar-refractivity contribution is 5.98. The molecule has 0 saturated carbocycles. The summed E-state index contributed by atoms with van der Waals surface area (Å²) in [6.07, 6.45) is 5.36. The number of phenolic OH excluding ortho intramolecular Hbond substituents is 1. The fourth-order valence-electron chi connectivity index (χ4n) is 2.84. The highest BCUT2D eigenvalue weighted by atomic mass is 16.7. The standard InChI is InChI=1S/C19H20O7.H2O/c1-11-4-2-5-12(20)8-13(21)6-3-7-14-17(19(23)26-11)15(22)9-16-18(14)25-10-24-16;/h2-3,5,7,9,11,13,21-22H,4,6,8,10H2,1H3;1H2/b5-2-,7-3+;/t11-,13-;/m0./s1. The van der Waals surface area contributed by atoms with E-state index < -0.39 is 18.2 Å². The topological polar surface area (TPSA) is 134 Å². The number of hydrogen-bond donors (Lipinski definition) is 2. The van der Waals surface area contributed by atoms with E-state index >= 15 is 0 Å². The second kappa shape index (κ2) is 8.70. The molecule has 0 radical (unpaired) electrons. The van der Waals surface area contributed by atoms with Crippen molar-refractivity contribution in [1.82, 2.24) is 0 Å². The second-order valence-corrected chi connectivity index (χ2v) is 6.23. The van der Waals surface area contributed by atoms with Gasteiger partial charge in [0.05, 0.1) is 6.10 Å². The number of carbonyl (C=O) groups is 2. The Balaban J connectivity index is 0.00000261. The normalized spacial score (nSPS) is 24.8. The van der Waals surface area contributed by atoms with Gasteiger partial charge in [-0.2, -0.15) is 0 Å².